The summed E-state index contributed by atoms with van der Waals surface area (Å²) in [6.07, 6.45) is 3.01. The van der Waals surface area contributed by atoms with Crippen LogP contribution in [-0.4, -0.2) is 42.2 Å². The summed E-state index contributed by atoms with van der Waals surface area (Å²) < 4.78 is 0. The molecule has 2 N–H and O–H groups in total. The molecule has 18 heavy (non-hydrogen) atoms. The first-order valence-electron chi connectivity index (χ1n) is 6.30. The molecule has 0 unspecified atom stereocenters. The summed E-state index contributed by atoms with van der Waals surface area (Å²) in [6, 6.07) is 3.74. The second kappa shape index (κ2) is 8.29. The lowest BCUT2D eigenvalue weighted by Gasteiger charge is -2.17. The van der Waals surface area contributed by atoms with Gasteiger partial charge in [0.05, 0.1) is 10.7 Å². The summed E-state index contributed by atoms with van der Waals surface area (Å²) in [5, 5.41) is 12.4. The molecule has 0 radical (unpaired) electrons. The van der Waals surface area contributed by atoms with Gasteiger partial charge in [-0.2, -0.15) is 0 Å². The third-order valence-corrected chi connectivity index (χ3v) is 3.14. The van der Waals surface area contributed by atoms with E-state index < -0.39 is 0 Å². The van der Waals surface area contributed by atoms with Crippen LogP contribution in [0.5, 0.6) is 0 Å². The van der Waals surface area contributed by atoms with E-state index in [2.05, 4.69) is 22.2 Å². The number of nitrogens with one attached hydrogen (secondary N) is 1. The quantitative estimate of drug-likeness (QED) is 0.713. The van der Waals surface area contributed by atoms with E-state index in [1.165, 1.54) is 0 Å². The summed E-state index contributed by atoms with van der Waals surface area (Å²) in [5.41, 5.74) is 0.896. The van der Waals surface area contributed by atoms with Crippen molar-refractivity contribution in [1.29, 1.82) is 0 Å². The van der Waals surface area contributed by atoms with Gasteiger partial charge in [0.25, 0.3) is 0 Å². The van der Waals surface area contributed by atoms with Crippen molar-refractivity contribution in [2.24, 2.45) is 0 Å². The van der Waals surface area contributed by atoms with Gasteiger partial charge in [-0.15, -0.1) is 0 Å². The number of aliphatic hydroxyl groups is 1. The zero-order valence-corrected chi connectivity index (χ0v) is 11.9. The molecule has 0 fully saturated rings. The van der Waals surface area contributed by atoms with Crippen molar-refractivity contribution >= 4 is 17.4 Å². The monoisotopic (exact) mass is 271 g/mol. The standard InChI is InChI=1S/C13H22ClN3O/c1-15-13-7-6-11(14)12(16-13)10-17(2)8-4-3-5-9-18/h6-7,18H,3-5,8-10H2,1-2H3,(H,15,16). The Bertz CT molecular complexity index is 360. The van der Waals surface area contributed by atoms with E-state index >= 15 is 0 Å². The van der Waals surface area contributed by atoms with Gasteiger partial charge in [0.1, 0.15) is 5.82 Å². The Kier molecular flexibility index (Phi) is 7.01. The first-order valence-corrected chi connectivity index (χ1v) is 6.67. The Labute approximate surface area is 114 Å². The molecule has 1 aromatic rings. The summed E-state index contributed by atoms with van der Waals surface area (Å²) in [5.74, 6) is 0.836. The second-order valence-corrected chi connectivity index (χ2v) is 4.80. The zero-order valence-electron chi connectivity index (χ0n) is 11.1. The zero-order chi connectivity index (χ0) is 13.4. The Hall–Kier alpha value is -0.840. The van der Waals surface area contributed by atoms with Gasteiger partial charge in [0.15, 0.2) is 0 Å². The van der Waals surface area contributed by atoms with Crippen LogP contribution in [0.25, 0.3) is 0 Å². The average Bonchev–Trinajstić information content (AvgIpc) is 2.37. The third kappa shape index (κ3) is 5.21. The fourth-order valence-corrected chi connectivity index (χ4v) is 1.90. The first kappa shape index (κ1) is 15.2. The molecule has 0 aliphatic rings. The van der Waals surface area contributed by atoms with Crippen molar-refractivity contribution in [3.63, 3.8) is 0 Å². The molecular weight excluding hydrogens is 250 g/mol. The maximum absolute atomic E-state index is 8.71. The predicted molar refractivity (Wildman–Crippen MR) is 76.1 cm³/mol. The Morgan fingerprint density at radius 3 is 2.78 bits per heavy atom. The Balaban J connectivity index is 2.45. The van der Waals surface area contributed by atoms with Gasteiger partial charge in [0, 0.05) is 20.2 Å². The third-order valence-electron chi connectivity index (χ3n) is 2.79. The molecule has 0 amide bonds. The minimum atomic E-state index is 0.279. The number of anilines is 1. The Morgan fingerprint density at radius 1 is 1.33 bits per heavy atom. The van der Waals surface area contributed by atoms with Crippen LogP contribution in [-0.2, 0) is 6.54 Å². The van der Waals surface area contributed by atoms with Gasteiger partial charge in [0.2, 0.25) is 0 Å². The van der Waals surface area contributed by atoms with Crippen molar-refractivity contribution in [2.75, 3.05) is 32.6 Å². The molecule has 5 heteroatoms. The number of rotatable bonds is 8. The van der Waals surface area contributed by atoms with Crippen LogP contribution < -0.4 is 5.32 Å². The largest absolute Gasteiger partial charge is 0.396 e. The van der Waals surface area contributed by atoms with Gasteiger partial charge in [-0.05, 0) is 45.0 Å². The fraction of sp³-hybridized carbons (Fsp3) is 0.615. The van der Waals surface area contributed by atoms with Crippen LogP contribution in [0.3, 0.4) is 0 Å². The number of hydrogen-bond acceptors (Lipinski definition) is 4. The topological polar surface area (TPSA) is 48.4 Å². The van der Waals surface area contributed by atoms with Gasteiger partial charge >= 0.3 is 0 Å². The lowest BCUT2D eigenvalue weighted by molar-refractivity contribution is 0.270. The number of aromatic nitrogens is 1. The van der Waals surface area contributed by atoms with Crippen LogP contribution in [0.1, 0.15) is 25.0 Å². The van der Waals surface area contributed by atoms with Crippen molar-refractivity contribution in [2.45, 2.75) is 25.8 Å². The Morgan fingerprint density at radius 2 is 2.11 bits per heavy atom. The highest BCUT2D eigenvalue weighted by Gasteiger charge is 2.07. The summed E-state index contributed by atoms with van der Waals surface area (Å²) in [7, 11) is 3.90. The second-order valence-electron chi connectivity index (χ2n) is 4.40. The number of pyridine rings is 1. The van der Waals surface area contributed by atoms with E-state index in [9.17, 15) is 0 Å². The lowest BCUT2D eigenvalue weighted by Crippen LogP contribution is -2.20. The number of unbranched alkanes of at least 4 members (excludes halogenated alkanes) is 2. The van der Waals surface area contributed by atoms with E-state index in [0.717, 1.165) is 43.9 Å². The van der Waals surface area contributed by atoms with E-state index in [4.69, 9.17) is 16.7 Å². The normalized spacial score (nSPS) is 10.9. The average molecular weight is 272 g/mol. The fourth-order valence-electron chi connectivity index (χ4n) is 1.74. The van der Waals surface area contributed by atoms with Crippen molar-refractivity contribution in [3.8, 4) is 0 Å². The SMILES string of the molecule is CNc1ccc(Cl)c(CN(C)CCCCCO)n1. The molecule has 102 valence electrons. The van der Waals surface area contributed by atoms with Crippen molar-refractivity contribution in [1.82, 2.24) is 9.88 Å². The smallest absolute Gasteiger partial charge is 0.126 e. The van der Waals surface area contributed by atoms with Crippen molar-refractivity contribution in [3.05, 3.63) is 22.8 Å². The molecule has 0 aliphatic heterocycles. The minimum Gasteiger partial charge on any atom is -0.396 e. The van der Waals surface area contributed by atoms with Crippen LogP contribution in [0, 0.1) is 0 Å². The van der Waals surface area contributed by atoms with E-state index in [0.29, 0.717) is 5.02 Å². The van der Waals surface area contributed by atoms with Crippen molar-refractivity contribution < 1.29 is 5.11 Å². The molecule has 4 nitrogen and oxygen atoms in total. The van der Waals surface area contributed by atoms with Gasteiger partial charge < -0.3 is 15.3 Å². The van der Waals surface area contributed by atoms with Crippen LogP contribution >= 0.6 is 11.6 Å². The first-order chi connectivity index (χ1) is 8.67. The maximum atomic E-state index is 8.71. The molecule has 0 aliphatic carbocycles. The molecule has 1 aromatic heterocycles. The number of halogens is 1. The van der Waals surface area contributed by atoms with Gasteiger partial charge in [-0.1, -0.05) is 11.6 Å². The van der Waals surface area contributed by atoms with Gasteiger partial charge in [-0.3, -0.25) is 0 Å². The molecule has 1 heterocycles. The molecule has 0 bridgehead atoms. The number of nitrogens with zero attached hydrogens (tertiary/aromatic N) is 2. The summed E-state index contributed by atoms with van der Waals surface area (Å²) in [6.45, 7) is 2.01. The molecule has 0 atom stereocenters. The lowest BCUT2D eigenvalue weighted by atomic mass is 10.2. The molecule has 0 aromatic carbocycles. The number of hydrogen-bond donors (Lipinski definition) is 2. The molecule has 0 saturated heterocycles. The highest BCUT2D eigenvalue weighted by atomic mass is 35.5. The maximum Gasteiger partial charge on any atom is 0.126 e. The van der Waals surface area contributed by atoms with Gasteiger partial charge in [-0.25, -0.2) is 4.98 Å². The van der Waals surface area contributed by atoms with E-state index in [1.54, 1.807) is 0 Å². The number of aliphatic hydroxyl groups excluding tert-OH is 1. The van der Waals surface area contributed by atoms with Crippen LogP contribution in [0.2, 0.25) is 5.02 Å². The van der Waals surface area contributed by atoms with E-state index in [-0.39, 0.29) is 6.61 Å². The molecule has 0 saturated carbocycles. The summed E-state index contributed by atoms with van der Waals surface area (Å²) in [4.78, 5) is 6.65. The molecule has 1 rings (SSSR count). The molecule has 0 spiro atoms. The van der Waals surface area contributed by atoms with Crippen LogP contribution in [0.15, 0.2) is 12.1 Å². The predicted octanol–water partition coefficient (Wildman–Crippen LogP) is 2.37. The van der Waals surface area contributed by atoms with E-state index in [1.807, 2.05) is 19.2 Å². The molecular formula is C13H22ClN3O. The minimum absolute atomic E-state index is 0.279. The highest BCUT2D eigenvalue weighted by Crippen LogP contribution is 2.18. The van der Waals surface area contributed by atoms with Crippen LogP contribution in [0.4, 0.5) is 5.82 Å². The highest BCUT2D eigenvalue weighted by molar-refractivity contribution is 6.31. The summed E-state index contributed by atoms with van der Waals surface area (Å²) >= 11 is 6.13.